The molecule has 16 heavy (non-hydrogen) atoms. The van der Waals surface area contributed by atoms with Gasteiger partial charge < -0.3 is 14.9 Å². The van der Waals surface area contributed by atoms with Crippen LogP contribution >= 0.6 is 15.9 Å². The van der Waals surface area contributed by atoms with Gasteiger partial charge in [-0.3, -0.25) is 0 Å². The van der Waals surface area contributed by atoms with E-state index >= 15 is 0 Å². The van der Waals surface area contributed by atoms with Crippen molar-refractivity contribution >= 4 is 15.9 Å². The summed E-state index contributed by atoms with van der Waals surface area (Å²) in [6.45, 7) is 2.25. The van der Waals surface area contributed by atoms with Gasteiger partial charge in [0, 0.05) is 11.4 Å². The maximum Gasteiger partial charge on any atom is 0.0877 e. The molecule has 1 fully saturated rings. The summed E-state index contributed by atoms with van der Waals surface area (Å²) in [5.74, 6) is 0. The Labute approximate surface area is 106 Å². The fourth-order valence-electron chi connectivity index (χ4n) is 1.65. The molecule has 1 heterocycles. The highest BCUT2D eigenvalue weighted by Crippen LogP contribution is 2.28. The predicted molar refractivity (Wildman–Crippen MR) is 67.8 cm³/mol. The summed E-state index contributed by atoms with van der Waals surface area (Å²) in [6.07, 6.45) is 7.52. The van der Waals surface area contributed by atoms with Gasteiger partial charge in [-0.05, 0) is 25.7 Å². The minimum absolute atomic E-state index is 0.177. The Morgan fingerprint density at radius 2 is 2.12 bits per heavy atom. The summed E-state index contributed by atoms with van der Waals surface area (Å²) >= 11 is 3.43. The second kappa shape index (κ2) is 7.43. The van der Waals surface area contributed by atoms with Crippen molar-refractivity contribution in [2.24, 2.45) is 0 Å². The van der Waals surface area contributed by atoms with Crippen LogP contribution in [0.4, 0.5) is 0 Å². The van der Waals surface area contributed by atoms with E-state index in [1.54, 1.807) is 0 Å². The first-order valence-corrected chi connectivity index (χ1v) is 6.84. The van der Waals surface area contributed by atoms with Crippen LogP contribution in [-0.2, 0) is 4.74 Å². The zero-order valence-electron chi connectivity index (χ0n) is 9.68. The van der Waals surface area contributed by atoms with Gasteiger partial charge in [-0.15, -0.1) is 0 Å². The number of rotatable bonds is 8. The summed E-state index contributed by atoms with van der Waals surface area (Å²) < 4.78 is 5.35. The van der Waals surface area contributed by atoms with E-state index in [4.69, 9.17) is 9.84 Å². The Bertz CT molecular complexity index is 220. The number of halogens is 1. The number of epoxide rings is 1. The largest absolute Gasteiger partial charge is 0.396 e. The molecule has 94 valence electrons. The molecule has 3 nitrogen and oxygen atoms in total. The van der Waals surface area contributed by atoms with Crippen molar-refractivity contribution in [1.82, 2.24) is 0 Å². The Kier molecular flexibility index (Phi) is 6.58. The highest BCUT2D eigenvalue weighted by Gasteiger charge is 2.36. The van der Waals surface area contributed by atoms with Crippen molar-refractivity contribution in [2.45, 2.75) is 55.7 Å². The van der Waals surface area contributed by atoms with Crippen LogP contribution in [0.2, 0.25) is 0 Å². The normalized spacial score (nSPS) is 28.2. The zero-order valence-corrected chi connectivity index (χ0v) is 11.3. The van der Waals surface area contributed by atoms with Crippen molar-refractivity contribution in [1.29, 1.82) is 0 Å². The lowest BCUT2D eigenvalue weighted by atomic mass is 10.1. The Morgan fingerprint density at radius 1 is 1.38 bits per heavy atom. The monoisotopic (exact) mass is 292 g/mol. The average Bonchev–Trinajstić information content (AvgIpc) is 3.02. The second-order valence-electron chi connectivity index (χ2n) is 4.16. The van der Waals surface area contributed by atoms with E-state index in [0.29, 0.717) is 6.42 Å². The summed E-state index contributed by atoms with van der Waals surface area (Å²) in [5, 5.41) is 18.4. The minimum atomic E-state index is -0.311. The van der Waals surface area contributed by atoms with Crippen molar-refractivity contribution in [3.8, 4) is 0 Å². The number of alkyl halides is 1. The molecule has 0 saturated carbocycles. The minimum Gasteiger partial charge on any atom is -0.396 e. The molecule has 0 bridgehead atoms. The van der Waals surface area contributed by atoms with Crippen molar-refractivity contribution in [3.05, 3.63) is 12.2 Å². The summed E-state index contributed by atoms with van der Waals surface area (Å²) in [5.41, 5.74) is 0. The zero-order chi connectivity index (χ0) is 12.0. The molecule has 1 aliphatic rings. The quantitative estimate of drug-likeness (QED) is 0.409. The SMILES string of the molecule is CC[C@H](Br)[C@H](O)C/C=C\C[C@H]1O[C@H]1CCO. The van der Waals surface area contributed by atoms with Gasteiger partial charge in [-0.25, -0.2) is 0 Å². The lowest BCUT2D eigenvalue weighted by molar-refractivity contribution is 0.175. The van der Waals surface area contributed by atoms with E-state index < -0.39 is 0 Å². The number of hydrogen-bond donors (Lipinski definition) is 2. The molecule has 0 unspecified atom stereocenters. The second-order valence-corrected chi connectivity index (χ2v) is 5.34. The summed E-state index contributed by atoms with van der Waals surface area (Å²) in [7, 11) is 0. The predicted octanol–water partition coefficient (Wildman–Crippen LogP) is 2.01. The molecule has 0 aromatic carbocycles. The van der Waals surface area contributed by atoms with Crippen LogP contribution in [0.3, 0.4) is 0 Å². The van der Waals surface area contributed by atoms with E-state index in [2.05, 4.69) is 22.0 Å². The standard InChI is InChI=1S/C12H21BrO3/c1-2-9(13)10(15)5-3-4-6-11-12(16-11)7-8-14/h3-4,9-12,14-15H,2,5-8H2,1H3/b4-3-/t9-,10+,11+,12-/m0/s1. The molecule has 0 amide bonds. The van der Waals surface area contributed by atoms with Crippen LogP contribution in [0.1, 0.15) is 32.6 Å². The van der Waals surface area contributed by atoms with Gasteiger partial charge in [0.2, 0.25) is 0 Å². The van der Waals surface area contributed by atoms with Gasteiger partial charge in [0.25, 0.3) is 0 Å². The van der Waals surface area contributed by atoms with E-state index in [0.717, 1.165) is 19.3 Å². The molecule has 1 saturated heterocycles. The number of hydrogen-bond acceptors (Lipinski definition) is 3. The van der Waals surface area contributed by atoms with Crippen LogP contribution in [0, 0.1) is 0 Å². The molecule has 0 spiro atoms. The Hall–Kier alpha value is 0.100. The number of aliphatic hydroxyl groups is 2. The van der Waals surface area contributed by atoms with E-state index in [1.807, 2.05) is 13.0 Å². The topological polar surface area (TPSA) is 53.0 Å². The van der Waals surface area contributed by atoms with E-state index in [9.17, 15) is 5.11 Å². The van der Waals surface area contributed by atoms with Crippen LogP contribution in [0.15, 0.2) is 12.2 Å². The smallest absolute Gasteiger partial charge is 0.0877 e. The number of aliphatic hydroxyl groups excluding tert-OH is 2. The maximum atomic E-state index is 9.67. The van der Waals surface area contributed by atoms with E-state index in [-0.39, 0.29) is 29.7 Å². The van der Waals surface area contributed by atoms with Crippen molar-refractivity contribution < 1.29 is 14.9 Å². The molecule has 0 aromatic heterocycles. The number of ether oxygens (including phenoxy) is 1. The molecule has 1 aliphatic heterocycles. The first-order valence-electron chi connectivity index (χ1n) is 5.92. The molecule has 2 N–H and O–H groups in total. The summed E-state index contributed by atoms with van der Waals surface area (Å²) in [6, 6.07) is 0. The molecular formula is C12H21BrO3. The van der Waals surface area contributed by atoms with Gasteiger partial charge in [-0.2, -0.15) is 0 Å². The Morgan fingerprint density at radius 3 is 2.75 bits per heavy atom. The highest BCUT2D eigenvalue weighted by molar-refractivity contribution is 9.09. The van der Waals surface area contributed by atoms with Crippen LogP contribution in [-0.4, -0.2) is 40.0 Å². The Balaban J connectivity index is 2.05. The molecule has 0 radical (unpaired) electrons. The molecule has 0 aliphatic carbocycles. The lowest BCUT2D eigenvalue weighted by Gasteiger charge is -2.12. The van der Waals surface area contributed by atoms with Crippen molar-refractivity contribution in [3.63, 3.8) is 0 Å². The fraction of sp³-hybridized carbons (Fsp3) is 0.833. The van der Waals surface area contributed by atoms with Crippen LogP contribution in [0.25, 0.3) is 0 Å². The third-order valence-electron chi connectivity index (χ3n) is 2.82. The van der Waals surface area contributed by atoms with Crippen LogP contribution < -0.4 is 0 Å². The van der Waals surface area contributed by atoms with Gasteiger partial charge in [0.05, 0.1) is 18.3 Å². The first-order chi connectivity index (χ1) is 7.69. The van der Waals surface area contributed by atoms with E-state index in [1.165, 1.54) is 0 Å². The molecule has 4 atom stereocenters. The van der Waals surface area contributed by atoms with Gasteiger partial charge in [0.1, 0.15) is 0 Å². The van der Waals surface area contributed by atoms with Gasteiger partial charge in [0.15, 0.2) is 0 Å². The van der Waals surface area contributed by atoms with Gasteiger partial charge in [-0.1, -0.05) is 35.0 Å². The summed E-state index contributed by atoms with van der Waals surface area (Å²) in [4.78, 5) is 0.177. The average molecular weight is 293 g/mol. The maximum absolute atomic E-state index is 9.67. The molecular weight excluding hydrogens is 272 g/mol. The molecule has 1 rings (SSSR count). The first kappa shape index (κ1) is 14.2. The van der Waals surface area contributed by atoms with Crippen molar-refractivity contribution in [2.75, 3.05) is 6.61 Å². The lowest BCUT2D eigenvalue weighted by Crippen LogP contribution is -2.18. The molecule has 0 aromatic rings. The van der Waals surface area contributed by atoms with Crippen LogP contribution in [0.5, 0.6) is 0 Å². The third-order valence-corrected chi connectivity index (χ3v) is 4.08. The highest BCUT2D eigenvalue weighted by atomic mass is 79.9. The van der Waals surface area contributed by atoms with Gasteiger partial charge >= 0.3 is 0 Å². The molecule has 4 heteroatoms. The fourth-order valence-corrected chi connectivity index (χ4v) is 1.87. The third kappa shape index (κ3) is 4.95.